The second-order valence-corrected chi connectivity index (χ2v) is 12.8. The fourth-order valence-electron chi connectivity index (χ4n) is 7.93. The van der Waals surface area contributed by atoms with Gasteiger partial charge in [0.15, 0.2) is 0 Å². The first-order chi connectivity index (χ1) is 24.3. The molecule has 0 aliphatic heterocycles. The Hall–Kier alpha value is -6.44. The highest BCUT2D eigenvalue weighted by molar-refractivity contribution is 6.24. The Morgan fingerprint density at radius 3 is 1.41 bits per heavy atom. The van der Waals surface area contributed by atoms with Crippen molar-refractivity contribution in [3.63, 3.8) is 0 Å². The molecule has 49 heavy (non-hydrogen) atoms. The minimum Gasteiger partial charge on any atom is -0.455 e. The number of hydrogen-bond donors (Lipinski definition) is 0. The van der Waals surface area contributed by atoms with Crippen molar-refractivity contribution in [3.8, 4) is 44.5 Å². The Morgan fingerprint density at radius 1 is 0.265 bits per heavy atom. The van der Waals surface area contributed by atoms with E-state index in [2.05, 4.69) is 182 Å². The van der Waals surface area contributed by atoms with Gasteiger partial charge in [-0.05, 0) is 83.4 Å². The Morgan fingerprint density at radius 2 is 0.755 bits per heavy atom. The first-order valence-corrected chi connectivity index (χ1v) is 16.9. The van der Waals surface area contributed by atoms with E-state index in [0.29, 0.717) is 0 Å². The Bertz CT molecular complexity index is 2800. The van der Waals surface area contributed by atoms with E-state index in [9.17, 15) is 0 Å². The summed E-state index contributed by atoms with van der Waals surface area (Å²) in [5.41, 5.74) is 11.5. The SMILES string of the molecule is c1ccc(-c2c3ccccc3c(-c3cccc4c(-c5ccc6oc7c(-c8ccccc8)cccc7c6c5)cccc34)c3ccccc23)cc1. The van der Waals surface area contributed by atoms with Crippen LogP contribution >= 0.6 is 0 Å². The molecule has 228 valence electrons. The molecule has 0 saturated heterocycles. The van der Waals surface area contributed by atoms with Crippen molar-refractivity contribution in [3.05, 3.63) is 182 Å². The van der Waals surface area contributed by atoms with Gasteiger partial charge in [-0.1, -0.05) is 170 Å². The number of furan rings is 1. The van der Waals surface area contributed by atoms with Crippen molar-refractivity contribution in [1.29, 1.82) is 0 Å². The molecule has 0 amide bonds. The van der Waals surface area contributed by atoms with Crippen LogP contribution < -0.4 is 0 Å². The highest BCUT2D eigenvalue weighted by Crippen LogP contribution is 2.46. The zero-order valence-corrected chi connectivity index (χ0v) is 26.7. The van der Waals surface area contributed by atoms with E-state index in [1.54, 1.807) is 0 Å². The zero-order chi connectivity index (χ0) is 32.3. The van der Waals surface area contributed by atoms with E-state index in [4.69, 9.17) is 4.42 Å². The molecule has 0 radical (unpaired) electrons. The van der Waals surface area contributed by atoms with E-state index in [0.717, 1.165) is 33.1 Å². The summed E-state index contributed by atoms with van der Waals surface area (Å²) < 4.78 is 6.52. The van der Waals surface area contributed by atoms with Crippen molar-refractivity contribution in [2.24, 2.45) is 0 Å². The van der Waals surface area contributed by atoms with Crippen LogP contribution in [0.5, 0.6) is 0 Å². The van der Waals surface area contributed by atoms with E-state index in [-0.39, 0.29) is 0 Å². The Kier molecular flexibility index (Phi) is 6.25. The predicted octanol–water partition coefficient (Wildman–Crippen LogP) is 13.7. The van der Waals surface area contributed by atoms with Crippen LogP contribution in [0.4, 0.5) is 0 Å². The molecule has 1 heteroatoms. The Balaban J connectivity index is 1.20. The lowest BCUT2D eigenvalue weighted by Crippen LogP contribution is -1.92. The molecule has 0 saturated carbocycles. The fraction of sp³-hybridized carbons (Fsp3) is 0. The van der Waals surface area contributed by atoms with Gasteiger partial charge in [0.05, 0.1) is 0 Å². The van der Waals surface area contributed by atoms with Crippen molar-refractivity contribution in [1.82, 2.24) is 0 Å². The third kappa shape index (κ3) is 4.33. The fourth-order valence-corrected chi connectivity index (χ4v) is 7.93. The van der Waals surface area contributed by atoms with Gasteiger partial charge >= 0.3 is 0 Å². The molecule has 0 unspecified atom stereocenters. The highest BCUT2D eigenvalue weighted by atomic mass is 16.3. The van der Waals surface area contributed by atoms with Crippen LogP contribution in [0.3, 0.4) is 0 Å². The van der Waals surface area contributed by atoms with Crippen LogP contribution in [-0.2, 0) is 0 Å². The minimum absolute atomic E-state index is 0.902. The van der Waals surface area contributed by atoms with Crippen molar-refractivity contribution < 1.29 is 4.42 Å². The average molecular weight is 623 g/mol. The molecule has 0 atom stereocenters. The van der Waals surface area contributed by atoms with Crippen molar-refractivity contribution in [2.75, 3.05) is 0 Å². The maximum absolute atomic E-state index is 6.52. The zero-order valence-electron chi connectivity index (χ0n) is 26.7. The first-order valence-electron chi connectivity index (χ1n) is 16.9. The topological polar surface area (TPSA) is 13.1 Å². The van der Waals surface area contributed by atoms with E-state index in [1.807, 2.05) is 0 Å². The van der Waals surface area contributed by atoms with Crippen LogP contribution in [0.2, 0.25) is 0 Å². The number of hydrogen-bond acceptors (Lipinski definition) is 1. The summed E-state index contributed by atoms with van der Waals surface area (Å²) in [7, 11) is 0. The van der Waals surface area contributed by atoms with Gasteiger partial charge in [-0.15, -0.1) is 0 Å². The van der Waals surface area contributed by atoms with E-state index < -0.39 is 0 Å². The summed E-state index contributed by atoms with van der Waals surface area (Å²) >= 11 is 0. The molecule has 0 aliphatic carbocycles. The molecule has 0 N–H and O–H groups in total. The average Bonchev–Trinajstić information content (AvgIpc) is 3.55. The summed E-state index contributed by atoms with van der Waals surface area (Å²) in [5.74, 6) is 0. The summed E-state index contributed by atoms with van der Waals surface area (Å²) in [6.07, 6.45) is 0. The molecule has 1 heterocycles. The second kappa shape index (κ2) is 11.1. The third-order valence-corrected chi connectivity index (χ3v) is 10.1. The van der Waals surface area contributed by atoms with Gasteiger partial charge in [-0.3, -0.25) is 0 Å². The molecule has 10 aromatic rings. The Labute approximate surface area is 284 Å². The molecule has 0 aliphatic rings. The van der Waals surface area contributed by atoms with Crippen LogP contribution in [0, 0.1) is 0 Å². The first kappa shape index (κ1) is 27.7. The monoisotopic (exact) mass is 622 g/mol. The molecular formula is C48H30O. The highest BCUT2D eigenvalue weighted by Gasteiger charge is 2.19. The number of rotatable bonds is 4. The molecule has 0 bridgehead atoms. The smallest absolute Gasteiger partial charge is 0.143 e. The standard InChI is InChI=1S/C48H30O/c1-3-14-31(15-4-1)35-23-12-27-43-44-30-33(28-29-45(44)49-48(35)43)34-22-11-25-37-36(34)24-13-26-38(37)47-41-20-9-7-18-39(41)46(32-16-5-2-6-17-32)40-19-8-10-21-42(40)47/h1-30H. The van der Waals surface area contributed by atoms with Gasteiger partial charge in [0.2, 0.25) is 0 Å². The van der Waals surface area contributed by atoms with Gasteiger partial charge in [0.25, 0.3) is 0 Å². The van der Waals surface area contributed by atoms with E-state index >= 15 is 0 Å². The largest absolute Gasteiger partial charge is 0.455 e. The maximum Gasteiger partial charge on any atom is 0.143 e. The van der Waals surface area contributed by atoms with Gasteiger partial charge in [-0.25, -0.2) is 0 Å². The van der Waals surface area contributed by atoms with Crippen LogP contribution in [0.1, 0.15) is 0 Å². The summed E-state index contributed by atoms with van der Waals surface area (Å²) in [6.45, 7) is 0. The quantitative estimate of drug-likeness (QED) is 0.178. The summed E-state index contributed by atoms with van der Waals surface area (Å²) in [6, 6.07) is 65.6. The predicted molar refractivity (Wildman–Crippen MR) is 208 cm³/mol. The summed E-state index contributed by atoms with van der Waals surface area (Å²) in [5, 5.41) is 9.80. The van der Waals surface area contributed by atoms with Gasteiger partial charge in [0.1, 0.15) is 11.2 Å². The normalized spacial score (nSPS) is 11.7. The molecule has 0 fully saturated rings. The lowest BCUT2D eigenvalue weighted by Gasteiger charge is -2.19. The second-order valence-electron chi connectivity index (χ2n) is 12.8. The molecule has 1 aromatic heterocycles. The maximum atomic E-state index is 6.52. The lowest BCUT2D eigenvalue weighted by atomic mass is 9.84. The third-order valence-electron chi connectivity index (χ3n) is 10.1. The van der Waals surface area contributed by atoms with Gasteiger partial charge in [-0.2, -0.15) is 0 Å². The molecule has 10 rings (SSSR count). The number of para-hydroxylation sites is 1. The van der Waals surface area contributed by atoms with Gasteiger partial charge < -0.3 is 4.42 Å². The van der Waals surface area contributed by atoms with Crippen LogP contribution in [0.15, 0.2) is 186 Å². The minimum atomic E-state index is 0.902. The van der Waals surface area contributed by atoms with E-state index in [1.165, 1.54) is 65.7 Å². The molecule has 0 spiro atoms. The lowest BCUT2D eigenvalue weighted by molar-refractivity contribution is 0.670. The summed E-state index contributed by atoms with van der Waals surface area (Å²) in [4.78, 5) is 0. The number of benzene rings is 9. The molecule has 1 nitrogen and oxygen atoms in total. The van der Waals surface area contributed by atoms with Crippen molar-refractivity contribution >= 4 is 54.3 Å². The molecule has 9 aromatic carbocycles. The molecular weight excluding hydrogens is 593 g/mol. The van der Waals surface area contributed by atoms with Crippen LogP contribution in [0.25, 0.3) is 98.8 Å². The van der Waals surface area contributed by atoms with Crippen molar-refractivity contribution in [2.45, 2.75) is 0 Å². The number of fused-ring (bicyclic) bond motifs is 6. The van der Waals surface area contributed by atoms with Gasteiger partial charge in [0, 0.05) is 16.3 Å². The van der Waals surface area contributed by atoms with Crippen LogP contribution in [-0.4, -0.2) is 0 Å².